The largest absolute Gasteiger partial charge is 0.461 e. The van der Waals surface area contributed by atoms with E-state index in [0.717, 1.165) is 30.9 Å². The molecule has 1 amide bonds. The molecule has 1 aliphatic rings. The van der Waals surface area contributed by atoms with Crippen LogP contribution in [-0.2, 0) is 11.3 Å². The molecule has 4 nitrogen and oxygen atoms in total. The van der Waals surface area contributed by atoms with Gasteiger partial charge in [0.05, 0.1) is 0 Å². The van der Waals surface area contributed by atoms with Gasteiger partial charge in [-0.1, -0.05) is 18.2 Å². The maximum absolute atomic E-state index is 11.1. The summed E-state index contributed by atoms with van der Waals surface area (Å²) in [7, 11) is 0. The third-order valence-electron chi connectivity index (χ3n) is 3.68. The number of furan rings is 1. The highest BCUT2D eigenvalue weighted by Crippen LogP contribution is 2.24. The Balaban J connectivity index is 1.65. The lowest BCUT2D eigenvalue weighted by Gasteiger charge is -2.11. The highest BCUT2D eigenvalue weighted by atomic mass is 16.3. The molecule has 0 bridgehead atoms. The molecule has 1 atom stereocenters. The van der Waals surface area contributed by atoms with E-state index in [-0.39, 0.29) is 11.9 Å². The zero-order chi connectivity index (χ0) is 13.2. The molecule has 1 unspecified atom stereocenters. The average molecular weight is 258 g/mol. The van der Waals surface area contributed by atoms with Gasteiger partial charge in [0, 0.05) is 36.5 Å². The van der Waals surface area contributed by atoms with Gasteiger partial charge < -0.3 is 15.1 Å². The molecule has 100 valence electrons. The molecule has 19 heavy (non-hydrogen) atoms. The van der Waals surface area contributed by atoms with Crippen LogP contribution in [0, 0.1) is 6.92 Å². The van der Waals surface area contributed by atoms with Crippen molar-refractivity contribution in [3.8, 4) is 0 Å². The number of aryl methyl sites for hydroxylation is 1. The maximum atomic E-state index is 11.1. The topological polar surface area (TPSA) is 54.3 Å². The molecule has 0 radical (unpaired) electrons. The molecule has 1 aromatic carbocycles. The Morgan fingerprint density at radius 3 is 3.05 bits per heavy atom. The molecule has 0 spiro atoms. The smallest absolute Gasteiger partial charge is 0.220 e. The first-order valence-corrected chi connectivity index (χ1v) is 6.71. The van der Waals surface area contributed by atoms with Crippen LogP contribution in [0.1, 0.15) is 24.2 Å². The predicted octanol–water partition coefficient (Wildman–Crippen LogP) is 2.11. The number of hydrogen-bond donors (Lipinski definition) is 2. The van der Waals surface area contributed by atoms with Crippen molar-refractivity contribution in [3.05, 3.63) is 35.6 Å². The molecule has 1 fully saturated rings. The van der Waals surface area contributed by atoms with Crippen molar-refractivity contribution in [1.29, 1.82) is 0 Å². The Bertz CT molecular complexity index is 603. The summed E-state index contributed by atoms with van der Waals surface area (Å²) in [5.74, 6) is 1.13. The Kier molecular flexibility index (Phi) is 3.25. The number of para-hydroxylation sites is 1. The van der Waals surface area contributed by atoms with Gasteiger partial charge in [0.2, 0.25) is 5.91 Å². The first-order valence-electron chi connectivity index (χ1n) is 6.71. The molecule has 1 saturated heterocycles. The second-order valence-corrected chi connectivity index (χ2v) is 5.07. The molecule has 2 N–H and O–H groups in total. The second kappa shape index (κ2) is 5.05. The Morgan fingerprint density at radius 1 is 1.42 bits per heavy atom. The fourth-order valence-corrected chi connectivity index (χ4v) is 2.64. The van der Waals surface area contributed by atoms with Crippen molar-refractivity contribution >= 4 is 16.9 Å². The lowest BCUT2D eigenvalue weighted by Crippen LogP contribution is -2.35. The third kappa shape index (κ3) is 2.49. The molecule has 2 aromatic rings. The van der Waals surface area contributed by atoms with Gasteiger partial charge in [0.25, 0.3) is 0 Å². The third-order valence-corrected chi connectivity index (χ3v) is 3.68. The van der Waals surface area contributed by atoms with Gasteiger partial charge >= 0.3 is 0 Å². The van der Waals surface area contributed by atoms with Crippen LogP contribution < -0.4 is 10.6 Å². The number of amides is 1. The molecular formula is C15H18N2O2. The van der Waals surface area contributed by atoms with Gasteiger partial charge in [0.1, 0.15) is 11.3 Å². The Labute approximate surface area is 112 Å². The van der Waals surface area contributed by atoms with E-state index in [0.29, 0.717) is 6.42 Å². The number of fused-ring (bicyclic) bond motifs is 1. The minimum absolute atomic E-state index is 0.164. The molecule has 0 saturated carbocycles. The summed E-state index contributed by atoms with van der Waals surface area (Å²) in [6.45, 7) is 3.58. The van der Waals surface area contributed by atoms with Crippen LogP contribution in [0.5, 0.6) is 0 Å². The fourth-order valence-electron chi connectivity index (χ4n) is 2.64. The number of rotatable bonds is 4. The van der Waals surface area contributed by atoms with Crippen molar-refractivity contribution < 1.29 is 9.21 Å². The van der Waals surface area contributed by atoms with Gasteiger partial charge in [0.15, 0.2) is 0 Å². The van der Waals surface area contributed by atoms with E-state index in [1.807, 2.05) is 25.1 Å². The van der Waals surface area contributed by atoms with Crippen LogP contribution in [0.25, 0.3) is 11.0 Å². The Hall–Kier alpha value is -1.81. The van der Waals surface area contributed by atoms with Crippen LogP contribution in [0.4, 0.5) is 0 Å². The summed E-state index contributed by atoms with van der Waals surface area (Å²) in [6.07, 6.45) is 1.58. The van der Waals surface area contributed by atoms with Crippen LogP contribution in [0.3, 0.4) is 0 Å². The van der Waals surface area contributed by atoms with E-state index in [1.165, 1.54) is 10.9 Å². The Morgan fingerprint density at radius 2 is 2.26 bits per heavy atom. The van der Waals surface area contributed by atoms with Gasteiger partial charge in [-0.15, -0.1) is 0 Å². The molecule has 4 heteroatoms. The summed E-state index contributed by atoms with van der Waals surface area (Å²) in [5, 5.41) is 7.54. The highest BCUT2D eigenvalue weighted by molar-refractivity contribution is 5.82. The molecule has 1 aliphatic heterocycles. The summed E-state index contributed by atoms with van der Waals surface area (Å²) in [5.41, 5.74) is 2.14. The average Bonchev–Trinajstić information content (AvgIpc) is 2.94. The lowest BCUT2D eigenvalue weighted by molar-refractivity contribution is -0.119. The van der Waals surface area contributed by atoms with Crippen LogP contribution in [0.2, 0.25) is 0 Å². The van der Waals surface area contributed by atoms with E-state index < -0.39 is 0 Å². The lowest BCUT2D eigenvalue weighted by atomic mass is 10.1. The first-order chi connectivity index (χ1) is 9.24. The van der Waals surface area contributed by atoms with Gasteiger partial charge in [-0.2, -0.15) is 0 Å². The molecule has 0 aliphatic carbocycles. The molecule has 1 aromatic heterocycles. The van der Waals surface area contributed by atoms with E-state index in [2.05, 4.69) is 16.7 Å². The SMILES string of the molecule is Cc1oc2ccccc2c1CNCC1CCC(=O)N1. The van der Waals surface area contributed by atoms with Gasteiger partial charge in [-0.05, 0) is 19.4 Å². The van der Waals surface area contributed by atoms with Gasteiger partial charge in [-0.25, -0.2) is 0 Å². The van der Waals surface area contributed by atoms with Crippen LogP contribution in [0.15, 0.2) is 28.7 Å². The van der Waals surface area contributed by atoms with Crippen molar-refractivity contribution in [3.63, 3.8) is 0 Å². The number of benzene rings is 1. The monoisotopic (exact) mass is 258 g/mol. The van der Waals surface area contributed by atoms with Crippen molar-refractivity contribution in [2.45, 2.75) is 32.4 Å². The van der Waals surface area contributed by atoms with Crippen LogP contribution in [-0.4, -0.2) is 18.5 Å². The summed E-state index contributed by atoms with van der Waals surface area (Å²) < 4.78 is 5.73. The molecular weight excluding hydrogens is 240 g/mol. The quantitative estimate of drug-likeness (QED) is 0.883. The standard InChI is InChI=1S/C15H18N2O2/c1-10-13(12-4-2-3-5-14(12)19-10)9-16-8-11-6-7-15(18)17-11/h2-5,11,16H,6-9H2,1H3,(H,17,18). The minimum atomic E-state index is 0.164. The molecule has 3 rings (SSSR count). The summed E-state index contributed by atoms with van der Waals surface area (Å²) in [6, 6.07) is 8.35. The predicted molar refractivity (Wildman–Crippen MR) is 73.8 cm³/mol. The zero-order valence-corrected chi connectivity index (χ0v) is 11.0. The van der Waals surface area contributed by atoms with E-state index in [9.17, 15) is 4.79 Å². The van der Waals surface area contributed by atoms with Crippen LogP contribution >= 0.6 is 0 Å². The normalized spacial score (nSPS) is 19.0. The number of carbonyl (C=O) groups excluding carboxylic acids is 1. The van der Waals surface area contributed by atoms with Crippen molar-refractivity contribution in [2.75, 3.05) is 6.54 Å². The summed E-state index contributed by atoms with van der Waals surface area (Å²) >= 11 is 0. The number of hydrogen-bond acceptors (Lipinski definition) is 3. The fraction of sp³-hybridized carbons (Fsp3) is 0.400. The first kappa shape index (κ1) is 12.2. The maximum Gasteiger partial charge on any atom is 0.220 e. The van der Waals surface area contributed by atoms with E-state index >= 15 is 0 Å². The van der Waals surface area contributed by atoms with Crippen molar-refractivity contribution in [2.24, 2.45) is 0 Å². The minimum Gasteiger partial charge on any atom is -0.461 e. The van der Waals surface area contributed by atoms with E-state index in [1.54, 1.807) is 0 Å². The van der Waals surface area contributed by atoms with E-state index in [4.69, 9.17) is 4.42 Å². The number of carbonyl (C=O) groups is 1. The highest BCUT2D eigenvalue weighted by Gasteiger charge is 2.20. The second-order valence-electron chi connectivity index (χ2n) is 5.07. The molecule has 2 heterocycles. The summed E-state index contributed by atoms with van der Waals surface area (Å²) in [4.78, 5) is 11.1. The van der Waals surface area contributed by atoms with Gasteiger partial charge in [-0.3, -0.25) is 4.79 Å². The zero-order valence-electron chi connectivity index (χ0n) is 11.0. The number of nitrogens with one attached hydrogen (secondary N) is 2. The van der Waals surface area contributed by atoms with Crippen molar-refractivity contribution in [1.82, 2.24) is 10.6 Å².